The second-order valence-electron chi connectivity index (χ2n) is 15.3. The Morgan fingerprint density at radius 3 is 2.49 bits per heavy atom. The Labute approximate surface area is 293 Å². The predicted molar refractivity (Wildman–Crippen MR) is 205 cm³/mol. The normalized spacial score (nSPS) is 33.0. The molecule has 0 bridgehead atoms. The van der Waals surface area contributed by atoms with Crippen LogP contribution in [0.2, 0.25) is 0 Å². The van der Waals surface area contributed by atoms with Crippen LogP contribution in [0.3, 0.4) is 0 Å². The molecule has 0 spiro atoms. The van der Waals surface area contributed by atoms with Gasteiger partial charge < -0.3 is 4.90 Å². The van der Waals surface area contributed by atoms with E-state index in [9.17, 15) is 0 Å². The van der Waals surface area contributed by atoms with Crippen molar-refractivity contribution in [2.45, 2.75) is 76.5 Å². The third kappa shape index (κ3) is 5.27. The fourth-order valence-electron chi connectivity index (χ4n) is 9.88. The Hall–Kier alpha value is -4.40. The minimum atomic E-state index is -0.189. The summed E-state index contributed by atoms with van der Waals surface area (Å²) in [6, 6.07) is 21.7. The van der Waals surface area contributed by atoms with Crippen LogP contribution < -0.4 is 5.32 Å². The molecule has 1 aliphatic heterocycles. The highest BCUT2D eigenvalue weighted by molar-refractivity contribution is 5.82. The molecule has 246 valence electrons. The standard InChI is InChI=1S/C47H48N2/c1-32-22-27-42-43(30-32)49(38-18-10-5-11-19-38)46(48-42)37-28-29-47(2)41(31-37)44(35-16-8-4-9-17-35)39-20-12-13-21-40(39)45(47)36-25-23-34(24-26-36)33-14-6-3-7-15-33/h4-6,8-10,12-18,21-29,31-32,39,42-43,45-46,48H,3,7,11,19-20,30H2,1-2H3. The average Bonchev–Trinajstić information content (AvgIpc) is 3.53. The summed E-state index contributed by atoms with van der Waals surface area (Å²) in [7, 11) is 0. The summed E-state index contributed by atoms with van der Waals surface area (Å²) in [6.45, 7) is 4.88. The zero-order valence-electron chi connectivity index (χ0n) is 28.9. The lowest BCUT2D eigenvalue weighted by molar-refractivity contribution is 0.233. The molecule has 1 saturated heterocycles. The summed E-state index contributed by atoms with van der Waals surface area (Å²) >= 11 is 0. The predicted octanol–water partition coefficient (Wildman–Crippen LogP) is 10.8. The number of nitrogens with zero attached hydrogens (tertiary/aromatic N) is 1. The molecule has 0 aromatic heterocycles. The summed E-state index contributed by atoms with van der Waals surface area (Å²) in [6.07, 6.45) is 40.5. The van der Waals surface area contributed by atoms with Crippen LogP contribution in [0.1, 0.15) is 75.0 Å². The molecule has 1 heterocycles. The number of hydrogen-bond donors (Lipinski definition) is 1. The third-order valence-electron chi connectivity index (χ3n) is 12.2. The van der Waals surface area contributed by atoms with Crippen molar-refractivity contribution in [1.29, 1.82) is 0 Å². The van der Waals surface area contributed by atoms with Crippen LogP contribution in [0.5, 0.6) is 0 Å². The van der Waals surface area contributed by atoms with E-state index >= 15 is 0 Å². The van der Waals surface area contributed by atoms with Gasteiger partial charge in [0, 0.05) is 29.0 Å². The summed E-state index contributed by atoms with van der Waals surface area (Å²) < 4.78 is 0. The van der Waals surface area contributed by atoms with Crippen LogP contribution in [-0.4, -0.2) is 23.1 Å². The monoisotopic (exact) mass is 640 g/mol. The summed E-state index contributed by atoms with van der Waals surface area (Å²) in [4.78, 5) is 2.76. The number of fused-ring (bicyclic) bond motifs is 3. The number of hydrogen-bond acceptors (Lipinski definition) is 2. The number of benzene rings is 2. The number of rotatable bonds is 5. The van der Waals surface area contributed by atoms with Crippen LogP contribution in [0.4, 0.5) is 0 Å². The van der Waals surface area contributed by atoms with E-state index in [-0.39, 0.29) is 17.5 Å². The van der Waals surface area contributed by atoms with Gasteiger partial charge in [0.2, 0.25) is 0 Å². The van der Waals surface area contributed by atoms with Crippen molar-refractivity contribution in [1.82, 2.24) is 10.2 Å². The van der Waals surface area contributed by atoms with E-state index in [4.69, 9.17) is 0 Å². The first-order valence-corrected chi connectivity index (χ1v) is 18.7. The van der Waals surface area contributed by atoms with Crippen molar-refractivity contribution in [3.63, 3.8) is 0 Å². The minimum Gasteiger partial charge on any atom is -0.350 e. The van der Waals surface area contributed by atoms with Gasteiger partial charge in [-0.05, 0) is 89.5 Å². The summed E-state index contributed by atoms with van der Waals surface area (Å²) in [5.41, 5.74) is 12.6. The fourth-order valence-corrected chi connectivity index (χ4v) is 9.88. The highest BCUT2D eigenvalue weighted by Gasteiger charge is 2.50. The van der Waals surface area contributed by atoms with Gasteiger partial charge in [-0.3, -0.25) is 5.32 Å². The lowest BCUT2D eigenvalue weighted by Gasteiger charge is -2.50. The maximum Gasteiger partial charge on any atom is 0.106 e. The van der Waals surface area contributed by atoms with E-state index in [1.165, 1.54) is 51.1 Å². The molecule has 0 amide bonds. The van der Waals surface area contributed by atoms with Crippen LogP contribution >= 0.6 is 0 Å². The van der Waals surface area contributed by atoms with E-state index in [1.807, 2.05) is 0 Å². The van der Waals surface area contributed by atoms with Gasteiger partial charge in [-0.15, -0.1) is 0 Å². The van der Waals surface area contributed by atoms with Gasteiger partial charge in [-0.25, -0.2) is 0 Å². The third-order valence-corrected chi connectivity index (χ3v) is 12.2. The summed E-state index contributed by atoms with van der Waals surface area (Å²) in [5.74, 6) is 1.20. The maximum absolute atomic E-state index is 4.13. The van der Waals surface area contributed by atoms with Crippen molar-refractivity contribution >= 4 is 11.1 Å². The smallest absolute Gasteiger partial charge is 0.106 e. The minimum absolute atomic E-state index is 0.144. The Bertz CT molecular complexity index is 1940. The zero-order chi connectivity index (χ0) is 33.0. The highest BCUT2D eigenvalue weighted by atomic mass is 15.4. The molecular formula is C47H48N2. The second kappa shape index (κ2) is 12.5. The molecule has 2 heteroatoms. The molecule has 49 heavy (non-hydrogen) atoms. The fraction of sp³-hybridized carbons (Fsp3) is 0.319. The molecule has 7 unspecified atom stereocenters. The molecule has 7 atom stereocenters. The van der Waals surface area contributed by atoms with Crippen LogP contribution in [0.15, 0.2) is 162 Å². The van der Waals surface area contributed by atoms with Gasteiger partial charge in [-0.1, -0.05) is 153 Å². The van der Waals surface area contributed by atoms with Crippen LogP contribution in [0.25, 0.3) is 11.1 Å². The van der Waals surface area contributed by atoms with Gasteiger partial charge in [-0.2, -0.15) is 0 Å². The summed E-state index contributed by atoms with van der Waals surface area (Å²) in [5, 5.41) is 4.13. The van der Waals surface area contributed by atoms with Crippen LogP contribution in [-0.2, 0) is 0 Å². The van der Waals surface area contributed by atoms with E-state index in [1.54, 1.807) is 5.57 Å². The van der Waals surface area contributed by atoms with E-state index < -0.39 is 0 Å². The van der Waals surface area contributed by atoms with E-state index in [0.29, 0.717) is 23.9 Å². The quantitative estimate of drug-likeness (QED) is 0.327. The molecule has 2 aromatic carbocycles. The first kappa shape index (κ1) is 30.6. The molecule has 6 aliphatic carbocycles. The highest BCUT2D eigenvalue weighted by Crippen LogP contribution is 2.61. The van der Waals surface area contributed by atoms with E-state index in [0.717, 1.165) is 32.1 Å². The van der Waals surface area contributed by atoms with Crippen molar-refractivity contribution in [2.24, 2.45) is 17.3 Å². The first-order valence-electron chi connectivity index (χ1n) is 18.7. The van der Waals surface area contributed by atoms with Gasteiger partial charge in [0.15, 0.2) is 0 Å². The van der Waals surface area contributed by atoms with Crippen molar-refractivity contribution in [3.8, 4) is 0 Å². The Morgan fingerprint density at radius 1 is 0.837 bits per heavy atom. The molecule has 0 saturated carbocycles. The van der Waals surface area contributed by atoms with Crippen molar-refractivity contribution < 1.29 is 0 Å². The Balaban J connectivity index is 1.19. The van der Waals surface area contributed by atoms with Gasteiger partial charge in [0.25, 0.3) is 0 Å². The van der Waals surface area contributed by atoms with Gasteiger partial charge in [0.1, 0.15) is 6.17 Å². The van der Waals surface area contributed by atoms with Crippen molar-refractivity contribution in [2.75, 3.05) is 0 Å². The average molecular weight is 641 g/mol. The molecule has 9 rings (SSSR count). The molecule has 7 aliphatic rings. The maximum atomic E-state index is 4.13. The van der Waals surface area contributed by atoms with Gasteiger partial charge >= 0.3 is 0 Å². The number of nitrogens with one attached hydrogen (secondary N) is 1. The first-order chi connectivity index (χ1) is 24.1. The molecule has 2 aromatic rings. The van der Waals surface area contributed by atoms with Gasteiger partial charge in [0.05, 0.1) is 6.04 Å². The van der Waals surface area contributed by atoms with Crippen LogP contribution in [0, 0.1) is 17.3 Å². The Morgan fingerprint density at radius 2 is 1.69 bits per heavy atom. The second-order valence-corrected chi connectivity index (χ2v) is 15.3. The molecule has 0 radical (unpaired) electrons. The molecule has 1 fully saturated rings. The van der Waals surface area contributed by atoms with E-state index in [2.05, 4.69) is 164 Å². The molecule has 1 N–H and O–H groups in total. The lowest BCUT2D eigenvalue weighted by atomic mass is 9.54. The Kier molecular flexibility index (Phi) is 7.81. The number of allylic oxidation sites excluding steroid dienone is 17. The zero-order valence-corrected chi connectivity index (χ0v) is 28.9. The van der Waals surface area contributed by atoms with Crippen molar-refractivity contribution in [3.05, 3.63) is 179 Å². The molecule has 2 nitrogen and oxygen atoms in total. The largest absolute Gasteiger partial charge is 0.350 e. The lowest BCUT2D eigenvalue weighted by Crippen LogP contribution is -2.42. The SMILES string of the molecule is CC1C=CC2NC(C3=CC4=C(c5ccccc5)C5CC=CC=C5C(c5ccc(C6=CCCC=C6)cc5)C4(C)C=C3)N(C3=CC=CCC3)C2C1. The molecular weight excluding hydrogens is 593 g/mol. The topological polar surface area (TPSA) is 15.3 Å².